The summed E-state index contributed by atoms with van der Waals surface area (Å²) in [5.74, 6) is -1.38. The number of nitrogens with one attached hydrogen (secondary N) is 3. The number of H-pyrrole nitrogens is 3. The molecule has 5 N–H and O–H groups in total. The lowest BCUT2D eigenvalue weighted by Crippen LogP contribution is -2.30. The summed E-state index contributed by atoms with van der Waals surface area (Å²) in [5, 5.41) is 33.9. The molecule has 0 fully saturated rings. The largest absolute Gasteiger partial charge is 0.365 e. The molecule has 71 heavy (non-hydrogen) atoms. The molecule has 4 amide bonds. The molecule has 2 aliphatic heterocycles. The Labute approximate surface area is 408 Å². The molecule has 358 valence electrons. The summed E-state index contributed by atoms with van der Waals surface area (Å²) in [6, 6.07) is 36.6. The molecule has 11 rings (SSSR count). The number of carbonyl (C=O) groups is 4. The third kappa shape index (κ3) is 11.5. The van der Waals surface area contributed by atoms with E-state index in [-0.39, 0.29) is 53.4 Å². The lowest BCUT2D eigenvalue weighted by atomic mass is 10.1. The van der Waals surface area contributed by atoms with E-state index in [0.717, 1.165) is 26.4 Å². The Morgan fingerprint density at radius 2 is 0.831 bits per heavy atom. The highest BCUT2D eigenvalue weighted by Crippen LogP contribution is 2.27. The highest BCUT2D eigenvalue weighted by Gasteiger charge is 2.37. The molecule has 4 aromatic heterocycles. The number of alkyl halides is 1. The Morgan fingerprint density at radius 3 is 1.10 bits per heavy atom. The van der Waals surface area contributed by atoms with Crippen LogP contribution in [0.15, 0.2) is 153 Å². The van der Waals surface area contributed by atoms with Gasteiger partial charge in [0.25, 0.3) is 40.3 Å². The van der Waals surface area contributed by atoms with Gasteiger partial charge in [-0.2, -0.15) is 20.6 Å². The van der Waals surface area contributed by atoms with Gasteiger partial charge in [0.2, 0.25) is 0 Å². The molecule has 5 aromatic carbocycles. The van der Waals surface area contributed by atoms with Gasteiger partial charge in [0.05, 0.1) is 80.8 Å². The molecule has 0 unspecified atom stereocenters. The smallest absolute Gasteiger partial charge is 0.272 e. The predicted octanol–water partition coefficient (Wildman–Crippen LogP) is 6.58. The first kappa shape index (κ1) is 51.1. The first-order valence-corrected chi connectivity index (χ1v) is 22.3. The van der Waals surface area contributed by atoms with E-state index in [2.05, 4.69) is 51.9 Å². The average molecular weight is 974 g/mol. The fraction of sp³-hybridized carbons (Fsp3) is 0.137. The van der Waals surface area contributed by atoms with Crippen molar-refractivity contribution >= 4 is 67.5 Å². The van der Waals surface area contributed by atoms with Crippen molar-refractivity contribution in [1.29, 1.82) is 5.26 Å². The van der Waals surface area contributed by atoms with Crippen molar-refractivity contribution in [1.82, 2.24) is 45.5 Å². The Morgan fingerprint density at radius 1 is 0.535 bits per heavy atom. The quantitative estimate of drug-likeness (QED) is 0.105. The molecule has 0 saturated heterocycles. The van der Waals surface area contributed by atoms with Gasteiger partial charge in [-0.3, -0.25) is 43.4 Å². The molecular weight excluding hydrogens is 930 g/mol. The van der Waals surface area contributed by atoms with Crippen LogP contribution in [-0.2, 0) is 19.6 Å². The maximum atomic E-state index is 12.4. The zero-order valence-electron chi connectivity index (χ0n) is 38.4. The third-order valence-corrected chi connectivity index (χ3v) is 10.6. The van der Waals surface area contributed by atoms with Gasteiger partial charge < -0.3 is 10.3 Å². The minimum atomic E-state index is -0.345. The first-order valence-electron chi connectivity index (χ1n) is 21.6. The van der Waals surface area contributed by atoms with Crippen molar-refractivity contribution in [3.63, 3.8) is 0 Å². The molecule has 0 saturated carbocycles. The van der Waals surface area contributed by atoms with E-state index in [9.17, 15) is 33.6 Å². The number of aromatic amines is 3. The Kier molecular flexibility index (Phi) is 17.4. The Bertz CT molecular complexity index is 3370. The number of aryl methyl sites for hydroxylation is 1. The highest BCUT2D eigenvalue weighted by atomic mass is 35.5. The van der Waals surface area contributed by atoms with Crippen LogP contribution in [0.2, 0.25) is 0 Å². The minimum Gasteiger partial charge on any atom is -0.365 e. The SMILES string of the molecule is CCC#N.CCl.Cc1cnoc1.NCc1n[nH]c(=O)c2ccccc12.O=C1c2ccccc2C(=O)N1Cc1n[nH]c(=O)c2ccccc12.O=C1c2ccccc2C(=O)N1Cc1n[nH]c(=O)c2ccccc12. The van der Waals surface area contributed by atoms with Crippen molar-refractivity contribution < 1.29 is 23.7 Å². The number of nitrogens with zero attached hydrogens (tertiary/aromatic N) is 7. The van der Waals surface area contributed by atoms with E-state index in [1.807, 2.05) is 38.1 Å². The fourth-order valence-electron chi connectivity index (χ4n) is 7.23. The summed E-state index contributed by atoms with van der Waals surface area (Å²) >= 11 is 4.64. The standard InChI is InChI=1S/2C17H11N3O3.C9H9N3O.C4H5NO.C3H5N.CH3Cl/c2*21-15-11-6-2-1-5-10(11)14(18-19-15)9-20-16(22)12-7-3-4-8-13(12)17(20)23;10-5-8-6-3-1-2-4-7(6)9(13)12-11-8;1-4-2-5-6-3-4;1-2-3-4;1-2/h2*1-8H,9H2,(H,19,21);1-4H,5,10H2,(H,12,13);2-3H,1H3;2H2,1H3;1H3. The molecule has 0 spiro atoms. The second kappa shape index (κ2) is 24.2. The molecule has 20 heteroatoms. The zero-order valence-corrected chi connectivity index (χ0v) is 39.1. The summed E-state index contributed by atoms with van der Waals surface area (Å²) in [5.41, 5.74) is 9.03. The fourth-order valence-corrected chi connectivity index (χ4v) is 7.23. The van der Waals surface area contributed by atoms with Crippen molar-refractivity contribution in [2.24, 2.45) is 5.73 Å². The van der Waals surface area contributed by atoms with Gasteiger partial charge in [-0.15, -0.1) is 11.6 Å². The number of imide groups is 2. The van der Waals surface area contributed by atoms with Crippen LogP contribution in [0, 0.1) is 18.3 Å². The number of benzene rings is 5. The number of hydrogen-bond donors (Lipinski definition) is 4. The summed E-state index contributed by atoms with van der Waals surface area (Å²) in [6.45, 7) is 4.11. The Balaban J connectivity index is 0.000000160. The van der Waals surface area contributed by atoms with E-state index in [0.29, 0.717) is 73.5 Å². The zero-order chi connectivity index (χ0) is 51.0. The third-order valence-electron chi connectivity index (χ3n) is 10.6. The van der Waals surface area contributed by atoms with Gasteiger partial charge in [-0.25, -0.2) is 15.3 Å². The minimum absolute atomic E-state index is 0.0175. The molecule has 0 aliphatic carbocycles. The van der Waals surface area contributed by atoms with Crippen molar-refractivity contribution in [2.75, 3.05) is 6.38 Å². The number of halogens is 1. The van der Waals surface area contributed by atoms with Gasteiger partial charge in [0.1, 0.15) is 6.26 Å². The number of carbonyl (C=O) groups excluding carboxylic acids is 4. The van der Waals surface area contributed by atoms with Crippen LogP contribution in [-0.4, -0.2) is 75.6 Å². The number of fused-ring (bicyclic) bond motifs is 5. The number of nitrogens with two attached hydrogens (primary N) is 1. The summed E-state index contributed by atoms with van der Waals surface area (Å²) < 4.78 is 4.46. The Hall–Kier alpha value is -9.25. The summed E-state index contributed by atoms with van der Waals surface area (Å²) in [4.78, 5) is 86.9. The number of hydrogen-bond acceptors (Lipinski definition) is 14. The molecule has 0 radical (unpaired) electrons. The molecule has 19 nitrogen and oxygen atoms in total. The predicted molar refractivity (Wildman–Crippen MR) is 265 cm³/mol. The normalized spacial score (nSPS) is 11.9. The number of aromatic nitrogens is 7. The number of rotatable bonds is 5. The van der Waals surface area contributed by atoms with Crippen LogP contribution in [0.4, 0.5) is 0 Å². The second-order valence-electron chi connectivity index (χ2n) is 15.0. The maximum absolute atomic E-state index is 12.4. The number of nitriles is 1. The van der Waals surface area contributed by atoms with Crippen LogP contribution in [0.1, 0.15) is 77.4 Å². The monoisotopic (exact) mass is 973 g/mol. The maximum Gasteiger partial charge on any atom is 0.272 e. The topological polar surface area (TPSA) is 288 Å². The van der Waals surface area contributed by atoms with Crippen LogP contribution in [0.5, 0.6) is 0 Å². The van der Waals surface area contributed by atoms with Crippen molar-refractivity contribution in [2.45, 2.75) is 39.9 Å². The van der Waals surface area contributed by atoms with Gasteiger partial charge in [0.15, 0.2) is 0 Å². The lowest BCUT2D eigenvalue weighted by Gasteiger charge is -2.14. The highest BCUT2D eigenvalue weighted by molar-refractivity contribution is 6.22. The molecule has 0 atom stereocenters. The molecular formula is C51H44ClN11O8. The molecule has 6 heterocycles. The summed E-state index contributed by atoms with van der Waals surface area (Å²) in [7, 11) is 0. The average Bonchev–Trinajstić information content (AvgIpc) is 4.07. The van der Waals surface area contributed by atoms with Gasteiger partial charge in [-0.1, -0.05) is 90.9 Å². The van der Waals surface area contributed by atoms with E-state index in [1.165, 1.54) is 6.38 Å². The van der Waals surface area contributed by atoms with E-state index in [1.54, 1.807) is 116 Å². The van der Waals surface area contributed by atoms with Gasteiger partial charge in [0, 0.05) is 41.1 Å². The first-order chi connectivity index (χ1) is 34.5. The van der Waals surface area contributed by atoms with Crippen molar-refractivity contribution in [3.05, 3.63) is 210 Å². The molecule has 0 bridgehead atoms. The van der Waals surface area contributed by atoms with Crippen LogP contribution < -0.4 is 22.4 Å². The molecule has 9 aromatic rings. The van der Waals surface area contributed by atoms with Gasteiger partial charge >= 0.3 is 0 Å². The van der Waals surface area contributed by atoms with Crippen LogP contribution in [0.3, 0.4) is 0 Å². The molecule has 2 aliphatic rings. The van der Waals surface area contributed by atoms with E-state index >= 15 is 0 Å². The van der Waals surface area contributed by atoms with E-state index in [4.69, 9.17) is 11.0 Å². The van der Waals surface area contributed by atoms with E-state index < -0.39 is 0 Å². The summed E-state index contributed by atoms with van der Waals surface area (Å²) in [6.07, 6.45) is 5.36. The van der Waals surface area contributed by atoms with Crippen LogP contribution in [0.25, 0.3) is 32.3 Å². The van der Waals surface area contributed by atoms with Crippen LogP contribution >= 0.6 is 11.6 Å². The lowest BCUT2D eigenvalue weighted by molar-refractivity contribution is 0.0625. The number of amides is 4. The second-order valence-corrected chi connectivity index (χ2v) is 15.0. The van der Waals surface area contributed by atoms with Crippen molar-refractivity contribution in [3.8, 4) is 6.07 Å². The van der Waals surface area contributed by atoms with Gasteiger partial charge in [-0.05, 0) is 49.4 Å².